The van der Waals surface area contributed by atoms with Crippen molar-refractivity contribution in [1.29, 1.82) is 0 Å². The van der Waals surface area contributed by atoms with Crippen LogP contribution in [0.5, 0.6) is 0 Å². The Morgan fingerprint density at radius 3 is 2.94 bits per heavy atom. The smallest absolute Gasteiger partial charge is 0.225 e. The monoisotopic (exact) mass is 247 g/mol. The largest absolute Gasteiger partial charge is 0.343 e. The fourth-order valence-electron chi connectivity index (χ4n) is 1.54. The number of hydrogen-bond donors (Lipinski definition) is 1. The second-order valence-corrected chi connectivity index (χ2v) is 3.84. The van der Waals surface area contributed by atoms with Gasteiger partial charge in [0.1, 0.15) is 5.82 Å². The number of nitrogens with two attached hydrogens (primary N) is 1. The molecule has 0 bridgehead atoms. The molecular weight excluding hydrogens is 233 g/mol. The van der Waals surface area contributed by atoms with Crippen molar-refractivity contribution < 1.29 is 4.39 Å². The molecule has 2 rings (SSSR count). The first-order chi connectivity index (χ1) is 8.70. The molecular formula is C12H14FN5. The highest BCUT2D eigenvalue weighted by Crippen LogP contribution is 2.18. The molecule has 2 N–H and O–H groups in total. The number of hydrogen-bond acceptors (Lipinski definition) is 5. The molecule has 0 saturated carbocycles. The quantitative estimate of drug-likeness (QED) is 0.875. The standard InChI is InChI=1S/C12H14FN5/c1-18(5-3-14)12-16-4-2-11(17-12)9-6-10(13)8-15-7-9/h2,4,6-8H,3,5,14H2,1H3. The molecule has 2 aromatic rings. The molecule has 0 spiro atoms. The number of likely N-dealkylation sites (N-methyl/N-ethyl adjacent to an activating group) is 1. The van der Waals surface area contributed by atoms with Gasteiger partial charge in [-0.1, -0.05) is 0 Å². The molecule has 0 aliphatic heterocycles. The summed E-state index contributed by atoms with van der Waals surface area (Å²) in [6.07, 6.45) is 4.36. The minimum Gasteiger partial charge on any atom is -0.343 e. The van der Waals surface area contributed by atoms with Gasteiger partial charge >= 0.3 is 0 Å². The van der Waals surface area contributed by atoms with E-state index in [1.165, 1.54) is 6.07 Å². The summed E-state index contributed by atoms with van der Waals surface area (Å²) < 4.78 is 13.1. The van der Waals surface area contributed by atoms with Crippen LogP contribution in [-0.4, -0.2) is 35.1 Å². The first kappa shape index (κ1) is 12.4. The second kappa shape index (κ2) is 5.50. The van der Waals surface area contributed by atoms with E-state index in [9.17, 15) is 4.39 Å². The Bertz CT molecular complexity index is 531. The fraction of sp³-hybridized carbons (Fsp3) is 0.250. The summed E-state index contributed by atoms with van der Waals surface area (Å²) in [4.78, 5) is 14.2. The minimum absolute atomic E-state index is 0.386. The van der Waals surface area contributed by atoms with Crippen LogP contribution in [0.25, 0.3) is 11.3 Å². The van der Waals surface area contributed by atoms with Crippen molar-refractivity contribution in [2.75, 3.05) is 25.0 Å². The molecule has 2 aromatic heterocycles. The molecule has 2 heterocycles. The van der Waals surface area contributed by atoms with E-state index in [0.29, 0.717) is 30.3 Å². The molecule has 18 heavy (non-hydrogen) atoms. The molecule has 0 radical (unpaired) electrons. The van der Waals surface area contributed by atoms with Crippen molar-refractivity contribution in [2.24, 2.45) is 5.73 Å². The first-order valence-corrected chi connectivity index (χ1v) is 5.56. The number of pyridine rings is 1. The maximum Gasteiger partial charge on any atom is 0.225 e. The van der Waals surface area contributed by atoms with Crippen LogP contribution in [0.3, 0.4) is 0 Å². The Balaban J connectivity index is 2.32. The van der Waals surface area contributed by atoms with Crippen molar-refractivity contribution in [2.45, 2.75) is 0 Å². The Morgan fingerprint density at radius 1 is 1.39 bits per heavy atom. The second-order valence-electron chi connectivity index (χ2n) is 3.84. The summed E-state index contributed by atoms with van der Waals surface area (Å²) in [5.74, 6) is 0.171. The molecule has 0 amide bonds. The predicted octanol–water partition coefficient (Wildman–Crippen LogP) is 1.07. The zero-order valence-electron chi connectivity index (χ0n) is 10.0. The molecule has 0 aliphatic carbocycles. The number of anilines is 1. The van der Waals surface area contributed by atoms with Crippen LogP contribution >= 0.6 is 0 Å². The van der Waals surface area contributed by atoms with Crippen LogP contribution in [0.4, 0.5) is 10.3 Å². The van der Waals surface area contributed by atoms with Crippen LogP contribution in [0.15, 0.2) is 30.7 Å². The summed E-state index contributed by atoms with van der Waals surface area (Å²) >= 11 is 0. The van der Waals surface area contributed by atoms with Gasteiger partial charge in [0.2, 0.25) is 5.95 Å². The van der Waals surface area contributed by atoms with Gasteiger partial charge in [0.05, 0.1) is 11.9 Å². The Hall–Kier alpha value is -2.08. The summed E-state index contributed by atoms with van der Waals surface area (Å²) in [6.45, 7) is 1.18. The zero-order chi connectivity index (χ0) is 13.0. The van der Waals surface area contributed by atoms with Crippen LogP contribution in [0.1, 0.15) is 0 Å². The van der Waals surface area contributed by atoms with Crippen LogP contribution in [-0.2, 0) is 0 Å². The van der Waals surface area contributed by atoms with E-state index < -0.39 is 0 Å². The van der Waals surface area contributed by atoms with Gasteiger partial charge in [0, 0.05) is 38.1 Å². The SMILES string of the molecule is CN(CCN)c1nccc(-c2cncc(F)c2)n1. The molecule has 0 fully saturated rings. The highest BCUT2D eigenvalue weighted by molar-refractivity contribution is 5.58. The molecule has 6 heteroatoms. The Morgan fingerprint density at radius 2 is 2.22 bits per heavy atom. The van der Waals surface area contributed by atoms with Crippen molar-refractivity contribution >= 4 is 5.95 Å². The lowest BCUT2D eigenvalue weighted by atomic mass is 10.2. The highest BCUT2D eigenvalue weighted by Gasteiger charge is 2.06. The van der Waals surface area contributed by atoms with Crippen LogP contribution in [0.2, 0.25) is 0 Å². The summed E-state index contributed by atoms with van der Waals surface area (Å²) in [5, 5.41) is 0. The molecule has 94 valence electrons. The van der Waals surface area contributed by atoms with Crippen molar-refractivity contribution in [3.05, 3.63) is 36.5 Å². The van der Waals surface area contributed by atoms with Crippen molar-refractivity contribution in [1.82, 2.24) is 15.0 Å². The van der Waals surface area contributed by atoms with Gasteiger partial charge < -0.3 is 10.6 Å². The normalized spacial score (nSPS) is 10.4. The van der Waals surface area contributed by atoms with Gasteiger partial charge in [-0.2, -0.15) is 0 Å². The van der Waals surface area contributed by atoms with Crippen molar-refractivity contribution in [3.63, 3.8) is 0 Å². The highest BCUT2D eigenvalue weighted by atomic mass is 19.1. The summed E-state index contributed by atoms with van der Waals surface area (Å²) in [7, 11) is 1.86. The van der Waals surface area contributed by atoms with Gasteiger partial charge in [-0.15, -0.1) is 0 Å². The van der Waals surface area contributed by atoms with Gasteiger partial charge in [-0.05, 0) is 12.1 Å². The Kier molecular flexibility index (Phi) is 3.78. The minimum atomic E-state index is -0.386. The third-order valence-corrected chi connectivity index (χ3v) is 2.45. The van der Waals surface area contributed by atoms with E-state index in [-0.39, 0.29) is 5.82 Å². The third-order valence-electron chi connectivity index (χ3n) is 2.45. The van der Waals surface area contributed by atoms with E-state index in [1.807, 2.05) is 11.9 Å². The third kappa shape index (κ3) is 2.78. The average molecular weight is 247 g/mol. The van der Waals surface area contributed by atoms with E-state index in [4.69, 9.17) is 5.73 Å². The lowest BCUT2D eigenvalue weighted by molar-refractivity contribution is 0.622. The van der Waals surface area contributed by atoms with E-state index in [0.717, 1.165) is 6.20 Å². The molecule has 0 atom stereocenters. The number of aromatic nitrogens is 3. The molecule has 0 aromatic carbocycles. The first-order valence-electron chi connectivity index (χ1n) is 5.56. The zero-order valence-corrected chi connectivity index (χ0v) is 10.0. The number of halogens is 1. The Labute approximate surface area is 105 Å². The fourth-order valence-corrected chi connectivity index (χ4v) is 1.54. The van der Waals surface area contributed by atoms with E-state index >= 15 is 0 Å². The summed E-state index contributed by atoms with van der Waals surface area (Å²) in [6, 6.07) is 3.11. The van der Waals surface area contributed by atoms with E-state index in [2.05, 4.69) is 15.0 Å². The lowest BCUT2D eigenvalue weighted by Crippen LogP contribution is -2.26. The maximum absolute atomic E-state index is 13.1. The van der Waals surface area contributed by atoms with Gasteiger partial charge in [0.15, 0.2) is 0 Å². The van der Waals surface area contributed by atoms with Gasteiger partial charge in [-0.25, -0.2) is 14.4 Å². The number of nitrogens with zero attached hydrogens (tertiary/aromatic N) is 4. The molecule has 0 saturated heterocycles. The van der Waals surface area contributed by atoms with Gasteiger partial charge in [0.25, 0.3) is 0 Å². The predicted molar refractivity (Wildman–Crippen MR) is 67.5 cm³/mol. The van der Waals surface area contributed by atoms with Crippen LogP contribution in [0, 0.1) is 5.82 Å². The molecule has 5 nitrogen and oxygen atoms in total. The van der Waals surface area contributed by atoms with E-state index in [1.54, 1.807) is 18.5 Å². The maximum atomic E-state index is 13.1. The number of rotatable bonds is 4. The average Bonchev–Trinajstić information content (AvgIpc) is 2.39. The summed E-state index contributed by atoms with van der Waals surface area (Å²) in [5.41, 5.74) is 6.74. The lowest BCUT2D eigenvalue weighted by Gasteiger charge is -2.16. The topological polar surface area (TPSA) is 67.9 Å². The molecule has 0 aliphatic rings. The van der Waals surface area contributed by atoms with Gasteiger partial charge in [-0.3, -0.25) is 4.98 Å². The molecule has 0 unspecified atom stereocenters. The van der Waals surface area contributed by atoms with Crippen LogP contribution < -0.4 is 10.6 Å². The van der Waals surface area contributed by atoms with Crippen molar-refractivity contribution in [3.8, 4) is 11.3 Å².